The van der Waals surface area contributed by atoms with Crippen molar-refractivity contribution in [2.45, 2.75) is 12.7 Å². The summed E-state index contributed by atoms with van der Waals surface area (Å²) in [5, 5.41) is 13.4. The molecule has 1 aromatic heterocycles. The molecular formula is C13H10F3N3O2. The third kappa shape index (κ3) is 3.68. The monoisotopic (exact) mass is 297 g/mol. The van der Waals surface area contributed by atoms with Gasteiger partial charge in [0.05, 0.1) is 17.2 Å². The van der Waals surface area contributed by atoms with Gasteiger partial charge >= 0.3 is 6.18 Å². The largest absolute Gasteiger partial charge is 0.423 e. The minimum atomic E-state index is -4.79. The second-order valence-electron chi connectivity index (χ2n) is 4.16. The van der Waals surface area contributed by atoms with Crippen LogP contribution in [0.25, 0.3) is 0 Å². The molecule has 1 aromatic carbocycles. The number of hydrogen-bond acceptors (Lipinski definition) is 4. The number of benzene rings is 1. The van der Waals surface area contributed by atoms with Gasteiger partial charge in [-0.1, -0.05) is 6.07 Å². The molecule has 0 saturated carbocycles. The Morgan fingerprint density at radius 2 is 2.00 bits per heavy atom. The predicted octanol–water partition coefficient (Wildman–Crippen LogP) is 3.62. The first-order chi connectivity index (χ1) is 9.88. The van der Waals surface area contributed by atoms with E-state index in [1.165, 1.54) is 6.07 Å². The summed E-state index contributed by atoms with van der Waals surface area (Å²) in [6, 6.07) is 7.97. The van der Waals surface area contributed by atoms with Crippen LogP contribution in [-0.4, -0.2) is 9.91 Å². The Balaban J connectivity index is 2.24. The van der Waals surface area contributed by atoms with Gasteiger partial charge in [0.25, 0.3) is 5.69 Å². The Labute approximate surface area is 117 Å². The Morgan fingerprint density at radius 3 is 2.57 bits per heavy atom. The van der Waals surface area contributed by atoms with Crippen molar-refractivity contribution in [3.05, 3.63) is 64.0 Å². The highest BCUT2D eigenvalue weighted by Crippen LogP contribution is 2.37. The van der Waals surface area contributed by atoms with Crippen LogP contribution in [0, 0.1) is 10.1 Å². The second kappa shape index (κ2) is 5.78. The van der Waals surface area contributed by atoms with E-state index >= 15 is 0 Å². The van der Waals surface area contributed by atoms with E-state index in [1.807, 2.05) is 0 Å². The summed E-state index contributed by atoms with van der Waals surface area (Å²) >= 11 is 0. The molecule has 0 spiro atoms. The number of nitrogens with zero attached hydrogens (tertiary/aromatic N) is 2. The van der Waals surface area contributed by atoms with Crippen LogP contribution < -0.4 is 5.32 Å². The molecule has 0 bridgehead atoms. The van der Waals surface area contributed by atoms with Crippen LogP contribution in [0.2, 0.25) is 0 Å². The molecule has 0 amide bonds. The summed E-state index contributed by atoms with van der Waals surface area (Å²) in [4.78, 5) is 13.6. The first-order valence-electron chi connectivity index (χ1n) is 5.87. The number of nitro groups is 1. The van der Waals surface area contributed by atoms with Gasteiger partial charge in [-0.15, -0.1) is 0 Å². The standard InChI is InChI=1S/C13H10F3N3O2/c14-13(15,16)11-7-9(4-5-12(11)19(20)21)18-8-10-3-1-2-6-17-10/h1-7,18H,8H2. The zero-order valence-corrected chi connectivity index (χ0v) is 10.6. The van der Waals surface area contributed by atoms with E-state index in [4.69, 9.17) is 0 Å². The summed E-state index contributed by atoms with van der Waals surface area (Å²) in [6.45, 7) is 0.218. The minimum absolute atomic E-state index is 0.138. The quantitative estimate of drug-likeness (QED) is 0.691. The number of pyridine rings is 1. The molecule has 1 heterocycles. The average molecular weight is 297 g/mol. The van der Waals surface area contributed by atoms with Crippen LogP contribution in [0.15, 0.2) is 42.6 Å². The summed E-state index contributed by atoms with van der Waals surface area (Å²) in [5.74, 6) is 0. The molecule has 0 radical (unpaired) electrons. The Morgan fingerprint density at radius 1 is 1.24 bits per heavy atom. The van der Waals surface area contributed by atoms with Crippen LogP contribution in [-0.2, 0) is 12.7 Å². The lowest BCUT2D eigenvalue weighted by Crippen LogP contribution is -2.10. The highest BCUT2D eigenvalue weighted by atomic mass is 19.4. The summed E-state index contributed by atoms with van der Waals surface area (Å²) in [7, 11) is 0. The molecule has 0 atom stereocenters. The minimum Gasteiger partial charge on any atom is -0.379 e. The number of rotatable bonds is 4. The fourth-order valence-electron chi connectivity index (χ4n) is 1.73. The number of hydrogen-bond donors (Lipinski definition) is 1. The fourth-order valence-corrected chi connectivity index (χ4v) is 1.73. The highest BCUT2D eigenvalue weighted by molar-refractivity contribution is 5.55. The van der Waals surface area contributed by atoms with Gasteiger partial charge in [0.2, 0.25) is 0 Å². The van der Waals surface area contributed by atoms with Crippen molar-refractivity contribution in [3.8, 4) is 0 Å². The number of alkyl halides is 3. The van der Waals surface area contributed by atoms with E-state index in [-0.39, 0.29) is 12.2 Å². The number of halogens is 3. The summed E-state index contributed by atoms with van der Waals surface area (Å²) in [5.41, 5.74) is -1.47. The van der Waals surface area contributed by atoms with Crippen LogP contribution in [0.3, 0.4) is 0 Å². The van der Waals surface area contributed by atoms with Crippen molar-refractivity contribution in [3.63, 3.8) is 0 Å². The van der Waals surface area contributed by atoms with Crippen LogP contribution in [0.4, 0.5) is 24.5 Å². The Bertz CT molecular complexity index is 645. The van der Waals surface area contributed by atoms with Gasteiger partial charge in [-0.3, -0.25) is 15.1 Å². The molecular weight excluding hydrogens is 287 g/mol. The Kier molecular flexibility index (Phi) is 4.06. The lowest BCUT2D eigenvalue weighted by molar-refractivity contribution is -0.388. The molecule has 1 N–H and O–H groups in total. The maximum absolute atomic E-state index is 12.8. The molecule has 0 fully saturated rings. The van der Waals surface area contributed by atoms with Gasteiger partial charge in [0, 0.05) is 18.0 Å². The average Bonchev–Trinajstić information content (AvgIpc) is 2.45. The number of aromatic nitrogens is 1. The SMILES string of the molecule is O=[N+]([O-])c1ccc(NCc2ccccn2)cc1C(F)(F)F. The third-order valence-electron chi connectivity index (χ3n) is 2.70. The predicted molar refractivity (Wildman–Crippen MR) is 69.7 cm³/mol. The molecule has 0 aliphatic rings. The van der Waals surface area contributed by atoms with Gasteiger partial charge in [-0.05, 0) is 24.3 Å². The maximum Gasteiger partial charge on any atom is 0.423 e. The first-order valence-corrected chi connectivity index (χ1v) is 5.87. The van der Waals surface area contributed by atoms with Gasteiger partial charge < -0.3 is 5.32 Å². The molecule has 0 aliphatic heterocycles. The summed E-state index contributed by atoms with van der Waals surface area (Å²) < 4.78 is 38.4. The van der Waals surface area contributed by atoms with E-state index in [9.17, 15) is 23.3 Å². The smallest absolute Gasteiger partial charge is 0.379 e. The van der Waals surface area contributed by atoms with Crippen LogP contribution in [0.5, 0.6) is 0 Å². The van der Waals surface area contributed by atoms with Gasteiger partial charge in [0.1, 0.15) is 5.56 Å². The first kappa shape index (κ1) is 14.8. The lowest BCUT2D eigenvalue weighted by atomic mass is 10.1. The molecule has 2 aromatic rings. The van der Waals surface area contributed by atoms with Crippen molar-refractivity contribution in [2.75, 3.05) is 5.32 Å². The van der Waals surface area contributed by atoms with Crippen molar-refractivity contribution in [2.24, 2.45) is 0 Å². The van der Waals surface area contributed by atoms with E-state index in [0.29, 0.717) is 5.69 Å². The van der Waals surface area contributed by atoms with E-state index < -0.39 is 22.4 Å². The van der Waals surface area contributed by atoms with E-state index in [0.717, 1.165) is 12.1 Å². The lowest BCUT2D eigenvalue weighted by Gasteiger charge is -2.11. The van der Waals surface area contributed by atoms with Gasteiger partial charge in [-0.25, -0.2) is 0 Å². The topological polar surface area (TPSA) is 68.1 Å². The molecule has 8 heteroatoms. The number of nitro benzene ring substituents is 1. The molecule has 0 aliphatic carbocycles. The van der Waals surface area contributed by atoms with Gasteiger partial charge in [-0.2, -0.15) is 13.2 Å². The second-order valence-corrected chi connectivity index (χ2v) is 4.16. The van der Waals surface area contributed by atoms with E-state index in [2.05, 4.69) is 10.3 Å². The van der Waals surface area contributed by atoms with E-state index in [1.54, 1.807) is 24.4 Å². The van der Waals surface area contributed by atoms with Crippen LogP contribution in [0.1, 0.15) is 11.3 Å². The molecule has 110 valence electrons. The third-order valence-corrected chi connectivity index (χ3v) is 2.70. The van der Waals surface area contributed by atoms with Crippen molar-refractivity contribution >= 4 is 11.4 Å². The molecule has 21 heavy (non-hydrogen) atoms. The van der Waals surface area contributed by atoms with Gasteiger partial charge in [0.15, 0.2) is 0 Å². The Hall–Kier alpha value is -2.64. The number of nitrogens with one attached hydrogen (secondary N) is 1. The summed E-state index contributed by atoms with van der Waals surface area (Å²) in [6.07, 6.45) is -3.22. The maximum atomic E-state index is 12.8. The zero-order valence-electron chi connectivity index (χ0n) is 10.6. The zero-order chi connectivity index (χ0) is 15.5. The fraction of sp³-hybridized carbons (Fsp3) is 0.154. The molecule has 0 unspecified atom stereocenters. The molecule has 2 rings (SSSR count). The number of anilines is 1. The highest BCUT2D eigenvalue weighted by Gasteiger charge is 2.38. The van der Waals surface area contributed by atoms with Crippen molar-refractivity contribution in [1.82, 2.24) is 4.98 Å². The van der Waals surface area contributed by atoms with Crippen molar-refractivity contribution in [1.29, 1.82) is 0 Å². The van der Waals surface area contributed by atoms with Crippen molar-refractivity contribution < 1.29 is 18.1 Å². The van der Waals surface area contributed by atoms with Crippen LogP contribution >= 0.6 is 0 Å². The molecule has 5 nitrogen and oxygen atoms in total. The normalized spacial score (nSPS) is 11.2. The molecule has 0 saturated heterocycles.